The molecule has 1 atom stereocenters. The summed E-state index contributed by atoms with van der Waals surface area (Å²) in [5.74, 6) is 0. The number of halogens is 3. The third-order valence-electron chi connectivity index (χ3n) is 3.13. The van der Waals surface area contributed by atoms with Crippen LogP contribution < -0.4 is 5.73 Å². The summed E-state index contributed by atoms with van der Waals surface area (Å²) in [6.45, 7) is 2.25. The zero-order valence-corrected chi connectivity index (χ0v) is 11.6. The summed E-state index contributed by atoms with van der Waals surface area (Å²) in [6.07, 6.45) is -0.933. The molecule has 1 aromatic heterocycles. The summed E-state index contributed by atoms with van der Waals surface area (Å²) in [5, 5.41) is 7.88. The van der Waals surface area contributed by atoms with Gasteiger partial charge in [0.1, 0.15) is 0 Å². The molecule has 0 amide bonds. The fraction of sp³-hybridized carbons (Fsp3) is 0.429. The molecule has 21 heavy (non-hydrogen) atoms. The first-order valence-corrected chi connectivity index (χ1v) is 6.72. The second-order valence-corrected chi connectivity index (χ2v) is 4.93. The van der Waals surface area contributed by atoms with Gasteiger partial charge in [-0.3, -0.25) is 0 Å². The summed E-state index contributed by atoms with van der Waals surface area (Å²) < 4.78 is 39.5. The molecule has 0 spiro atoms. The van der Waals surface area contributed by atoms with Crippen molar-refractivity contribution in [3.05, 3.63) is 47.3 Å². The number of hydrogen-bond donors (Lipinski definition) is 1. The lowest BCUT2D eigenvalue weighted by atomic mass is 10.1. The molecule has 2 aromatic rings. The first-order chi connectivity index (χ1) is 9.90. The van der Waals surface area contributed by atoms with Crippen LogP contribution in [0.5, 0.6) is 0 Å². The van der Waals surface area contributed by atoms with Crippen molar-refractivity contribution in [2.45, 2.75) is 38.5 Å². The van der Waals surface area contributed by atoms with Crippen LogP contribution in [0.3, 0.4) is 0 Å². The molecule has 1 unspecified atom stereocenters. The van der Waals surface area contributed by atoms with Gasteiger partial charge in [-0.25, -0.2) is 4.68 Å². The lowest BCUT2D eigenvalue weighted by Crippen LogP contribution is -2.10. The maximum absolute atomic E-state index is 12.7. The normalized spacial score (nSPS) is 13.4. The highest BCUT2D eigenvalue weighted by atomic mass is 19.4. The summed E-state index contributed by atoms with van der Waals surface area (Å²) >= 11 is 0. The van der Waals surface area contributed by atoms with Crippen LogP contribution in [-0.4, -0.2) is 15.0 Å². The lowest BCUT2D eigenvalue weighted by molar-refractivity contribution is -0.137. The van der Waals surface area contributed by atoms with Crippen LogP contribution in [0, 0.1) is 0 Å². The average Bonchev–Trinajstić information content (AvgIpc) is 2.87. The Bertz CT molecular complexity index is 592. The molecule has 0 aliphatic rings. The van der Waals surface area contributed by atoms with E-state index in [-0.39, 0.29) is 12.6 Å². The van der Waals surface area contributed by atoms with E-state index in [1.54, 1.807) is 12.3 Å². The van der Waals surface area contributed by atoms with Gasteiger partial charge >= 0.3 is 6.18 Å². The molecule has 0 aliphatic carbocycles. The molecule has 0 aliphatic heterocycles. The third kappa shape index (κ3) is 4.04. The van der Waals surface area contributed by atoms with Gasteiger partial charge in [-0.1, -0.05) is 30.7 Å². The van der Waals surface area contributed by atoms with E-state index in [0.29, 0.717) is 11.3 Å². The van der Waals surface area contributed by atoms with Gasteiger partial charge in [0, 0.05) is 0 Å². The average molecular weight is 298 g/mol. The molecule has 0 saturated carbocycles. The molecule has 2 rings (SSSR count). The van der Waals surface area contributed by atoms with E-state index in [4.69, 9.17) is 5.73 Å². The van der Waals surface area contributed by atoms with Gasteiger partial charge in [-0.15, -0.1) is 5.10 Å². The highest BCUT2D eigenvalue weighted by Gasteiger charge is 2.30. The largest absolute Gasteiger partial charge is 0.416 e. The number of aromatic nitrogens is 3. The van der Waals surface area contributed by atoms with Crippen LogP contribution in [0.4, 0.5) is 13.2 Å². The van der Waals surface area contributed by atoms with Crippen molar-refractivity contribution in [3.8, 4) is 0 Å². The van der Waals surface area contributed by atoms with Crippen molar-refractivity contribution < 1.29 is 13.2 Å². The summed E-state index contributed by atoms with van der Waals surface area (Å²) in [6, 6.07) is 4.99. The topological polar surface area (TPSA) is 56.7 Å². The minimum absolute atomic E-state index is 0.190. The van der Waals surface area contributed by atoms with Gasteiger partial charge in [-0.2, -0.15) is 13.2 Å². The SMILES string of the molecule is CCCC(N)c1cn(Cc2cccc(C(F)(F)F)c2)nn1. The van der Waals surface area contributed by atoms with E-state index in [1.807, 2.05) is 6.92 Å². The van der Waals surface area contributed by atoms with E-state index in [0.717, 1.165) is 25.0 Å². The minimum atomic E-state index is -4.34. The first kappa shape index (κ1) is 15.5. The first-order valence-electron chi connectivity index (χ1n) is 6.72. The number of nitrogens with zero attached hydrogens (tertiary/aromatic N) is 3. The molecule has 2 N–H and O–H groups in total. The Labute approximate surface area is 120 Å². The Morgan fingerprint density at radius 2 is 2.10 bits per heavy atom. The van der Waals surface area contributed by atoms with Crippen LogP contribution in [-0.2, 0) is 12.7 Å². The van der Waals surface area contributed by atoms with Crippen molar-refractivity contribution in [2.75, 3.05) is 0 Å². The van der Waals surface area contributed by atoms with E-state index < -0.39 is 11.7 Å². The van der Waals surface area contributed by atoms with Gasteiger partial charge in [0.25, 0.3) is 0 Å². The number of alkyl halides is 3. The Kier molecular flexibility index (Phi) is 4.62. The monoisotopic (exact) mass is 298 g/mol. The van der Waals surface area contributed by atoms with Crippen LogP contribution in [0.2, 0.25) is 0 Å². The molecule has 7 heteroatoms. The summed E-state index contributed by atoms with van der Waals surface area (Å²) in [4.78, 5) is 0. The summed E-state index contributed by atoms with van der Waals surface area (Å²) in [7, 11) is 0. The lowest BCUT2D eigenvalue weighted by Gasteiger charge is -2.08. The molecule has 114 valence electrons. The van der Waals surface area contributed by atoms with Crippen molar-refractivity contribution >= 4 is 0 Å². The molecule has 1 aromatic carbocycles. The number of nitrogens with two attached hydrogens (primary N) is 1. The van der Waals surface area contributed by atoms with Crippen molar-refractivity contribution in [3.63, 3.8) is 0 Å². The van der Waals surface area contributed by atoms with Gasteiger partial charge in [0.05, 0.1) is 30.0 Å². The number of hydrogen-bond acceptors (Lipinski definition) is 3. The second kappa shape index (κ2) is 6.26. The van der Waals surface area contributed by atoms with E-state index >= 15 is 0 Å². The predicted molar refractivity (Wildman–Crippen MR) is 72.4 cm³/mol. The van der Waals surface area contributed by atoms with E-state index in [2.05, 4.69) is 10.3 Å². The maximum Gasteiger partial charge on any atom is 0.416 e. The fourth-order valence-electron chi connectivity index (χ4n) is 2.05. The molecule has 0 fully saturated rings. The van der Waals surface area contributed by atoms with Gasteiger partial charge in [0.2, 0.25) is 0 Å². The predicted octanol–water partition coefficient (Wildman–Crippen LogP) is 3.15. The minimum Gasteiger partial charge on any atom is -0.323 e. The Hall–Kier alpha value is -1.89. The number of benzene rings is 1. The van der Waals surface area contributed by atoms with Crippen molar-refractivity contribution in [1.82, 2.24) is 15.0 Å². The maximum atomic E-state index is 12.7. The van der Waals surface area contributed by atoms with Crippen LogP contribution in [0.25, 0.3) is 0 Å². The zero-order chi connectivity index (χ0) is 15.5. The highest BCUT2D eigenvalue weighted by Crippen LogP contribution is 2.29. The smallest absolute Gasteiger partial charge is 0.323 e. The van der Waals surface area contributed by atoms with Gasteiger partial charge in [-0.05, 0) is 24.1 Å². The molecule has 0 saturated heterocycles. The highest BCUT2D eigenvalue weighted by molar-refractivity contribution is 5.25. The molecule has 1 heterocycles. The van der Waals surface area contributed by atoms with Gasteiger partial charge in [0.15, 0.2) is 0 Å². The van der Waals surface area contributed by atoms with Gasteiger partial charge < -0.3 is 5.73 Å². The van der Waals surface area contributed by atoms with E-state index in [9.17, 15) is 13.2 Å². The molecule has 0 bridgehead atoms. The van der Waals surface area contributed by atoms with E-state index in [1.165, 1.54) is 10.7 Å². The third-order valence-corrected chi connectivity index (χ3v) is 3.13. The fourth-order valence-corrected chi connectivity index (χ4v) is 2.05. The number of rotatable bonds is 5. The van der Waals surface area contributed by atoms with Crippen LogP contribution >= 0.6 is 0 Å². The zero-order valence-electron chi connectivity index (χ0n) is 11.6. The summed E-state index contributed by atoms with van der Waals surface area (Å²) in [5.41, 5.74) is 6.44. The molecular weight excluding hydrogens is 281 g/mol. The van der Waals surface area contributed by atoms with Crippen molar-refractivity contribution in [1.29, 1.82) is 0 Å². The molecular formula is C14H17F3N4. The Morgan fingerprint density at radius 3 is 2.76 bits per heavy atom. The molecule has 4 nitrogen and oxygen atoms in total. The standard InChI is InChI=1S/C14H17F3N4/c1-2-4-12(18)13-9-21(20-19-13)8-10-5-3-6-11(7-10)14(15,16)17/h3,5-7,9,12H,2,4,8,18H2,1H3. The second-order valence-electron chi connectivity index (χ2n) is 4.93. The van der Waals surface area contributed by atoms with Crippen molar-refractivity contribution in [2.24, 2.45) is 5.73 Å². The quantitative estimate of drug-likeness (QED) is 0.922. The molecule has 0 radical (unpaired) electrons. The Morgan fingerprint density at radius 1 is 1.33 bits per heavy atom. The Balaban J connectivity index is 2.12. The van der Waals surface area contributed by atoms with Crippen LogP contribution in [0.15, 0.2) is 30.5 Å². The van der Waals surface area contributed by atoms with Crippen LogP contribution in [0.1, 0.15) is 42.6 Å².